The van der Waals surface area contributed by atoms with Crippen molar-refractivity contribution in [3.05, 3.63) is 0 Å². The van der Waals surface area contributed by atoms with Crippen LogP contribution in [0.1, 0.15) is 6.42 Å². The Balaban J connectivity index is 2.82. The summed E-state index contributed by atoms with van der Waals surface area (Å²) in [6, 6.07) is 0. The molecule has 1 atom stereocenters. The lowest BCUT2D eigenvalue weighted by Crippen LogP contribution is -2.17. The average Bonchev–Trinajstić information content (AvgIpc) is 1.66. The number of rotatable bonds is 4. The Labute approximate surface area is 64.8 Å². The third-order valence-electron chi connectivity index (χ3n) is 0.536. The van der Waals surface area contributed by atoms with Crippen molar-refractivity contribution < 1.29 is 8.76 Å². The molecule has 0 aliphatic carbocycles. The van der Waals surface area contributed by atoms with E-state index in [2.05, 4.69) is 27.3 Å². The lowest BCUT2D eigenvalue weighted by Gasteiger charge is -1.93. The molecular formula is C3H8INO2S. The van der Waals surface area contributed by atoms with Crippen LogP contribution in [0.15, 0.2) is 0 Å². The van der Waals surface area contributed by atoms with E-state index < -0.39 is 11.3 Å². The lowest BCUT2D eigenvalue weighted by molar-refractivity contribution is 0.549. The molecule has 0 aromatic heterocycles. The normalized spacial score (nSPS) is 13.8. The van der Waals surface area contributed by atoms with Gasteiger partial charge in [0, 0.05) is 11.0 Å². The Morgan fingerprint density at radius 3 is 2.75 bits per heavy atom. The van der Waals surface area contributed by atoms with Crippen LogP contribution in [0.2, 0.25) is 0 Å². The van der Waals surface area contributed by atoms with Gasteiger partial charge in [-0.3, -0.25) is 4.55 Å². The maximum Gasteiger partial charge on any atom is 0.231 e. The molecule has 0 spiro atoms. The van der Waals surface area contributed by atoms with Gasteiger partial charge in [-0.15, -0.1) is 0 Å². The van der Waals surface area contributed by atoms with Crippen LogP contribution in [0.25, 0.3) is 0 Å². The monoisotopic (exact) mass is 249 g/mol. The van der Waals surface area contributed by atoms with Gasteiger partial charge in [-0.1, -0.05) is 22.6 Å². The summed E-state index contributed by atoms with van der Waals surface area (Å²) < 4.78 is 21.4. The molecule has 5 heteroatoms. The molecule has 8 heavy (non-hydrogen) atoms. The molecule has 0 aromatic rings. The largest absolute Gasteiger partial charge is 0.294 e. The van der Waals surface area contributed by atoms with Gasteiger partial charge in [0.2, 0.25) is 11.3 Å². The van der Waals surface area contributed by atoms with Crippen LogP contribution in [0.5, 0.6) is 0 Å². The zero-order chi connectivity index (χ0) is 6.41. The SMILES string of the molecule is O=S(O)NCCCI. The molecule has 0 aromatic carbocycles. The van der Waals surface area contributed by atoms with Crippen LogP contribution in [0, 0.1) is 0 Å². The topological polar surface area (TPSA) is 49.3 Å². The fourth-order valence-electron chi connectivity index (χ4n) is 0.226. The second-order valence-corrected chi connectivity index (χ2v) is 3.05. The Kier molecular flexibility index (Phi) is 6.52. The summed E-state index contributed by atoms with van der Waals surface area (Å²) in [7, 11) is 0. The highest BCUT2D eigenvalue weighted by Gasteiger charge is 1.87. The van der Waals surface area contributed by atoms with Crippen LogP contribution in [-0.4, -0.2) is 19.7 Å². The standard InChI is InChI=1S/C3H8INO2S/c4-2-1-3-5-8(6)7/h5H,1-3H2,(H,6,7). The number of hydrogen-bond donors (Lipinski definition) is 2. The van der Waals surface area contributed by atoms with E-state index in [0.29, 0.717) is 6.54 Å². The maximum atomic E-state index is 9.87. The molecular weight excluding hydrogens is 241 g/mol. The molecule has 0 saturated heterocycles. The Bertz CT molecular complexity index is 79.7. The van der Waals surface area contributed by atoms with Crippen LogP contribution in [0.3, 0.4) is 0 Å². The highest BCUT2D eigenvalue weighted by atomic mass is 127. The van der Waals surface area contributed by atoms with Crippen LogP contribution in [0.4, 0.5) is 0 Å². The van der Waals surface area contributed by atoms with Crippen molar-refractivity contribution in [2.75, 3.05) is 11.0 Å². The molecule has 0 heterocycles. The van der Waals surface area contributed by atoms with E-state index in [1.54, 1.807) is 0 Å². The van der Waals surface area contributed by atoms with Gasteiger partial charge in [-0.05, 0) is 6.42 Å². The molecule has 0 rings (SSSR count). The minimum absolute atomic E-state index is 0.617. The van der Waals surface area contributed by atoms with Crippen LogP contribution < -0.4 is 4.72 Å². The van der Waals surface area contributed by atoms with Crippen molar-refractivity contribution >= 4 is 33.9 Å². The highest BCUT2D eigenvalue weighted by molar-refractivity contribution is 14.1. The van der Waals surface area contributed by atoms with Gasteiger partial charge in [-0.25, -0.2) is 8.93 Å². The Morgan fingerprint density at radius 2 is 2.38 bits per heavy atom. The van der Waals surface area contributed by atoms with Crippen molar-refractivity contribution in [1.29, 1.82) is 0 Å². The smallest absolute Gasteiger partial charge is 0.231 e. The molecule has 0 aliphatic rings. The fourth-order valence-corrected chi connectivity index (χ4v) is 0.927. The third kappa shape index (κ3) is 6.80. The molecule has 0 amide bonds. The summed E-state index contributed by atoms with van der Waals surface area (Å²) in [4.78, 5) is 0. The summed E-state index contributed by atoms with van der Waals surface area (Å²) >= 11 is 0.393. The van der Waals surface area contributed by atoms with Crippen molar-refractivity contribution in [1.82, 2.24) is 4.72 Å². The summed E-state index contributed by atoms with van der Waals surface area (Å²) in [5.74, 6) is 0. The molecule has 2 N–H and O–H groups in total. The van der Waals surface area contributed by atoms with E-state index in [9.17, 15) is 4.21 Å². The Morgan fingerprint density at radius 1 is 1.75 bits per heavy atom. The summed E-state index contributed by atoms with van der Waals surface area (Å²) in [6.07, 6.45) is 0.937. The van der Waals surface area contributed by atoms with Gasteiger partial charge in [0.1, 0.15) is 0 Å². The minimum Gasteiger partial charge on any atom is -0.294 e. The number of alkyl halides is 1. The van der Waals surface area contributed by atoms with Gasteiger partial charge >= 0.3 is 0 Å². The molecule has 0 fully saturated rings. The van der Waals surface area contributed by atoms with E-state index in [1.165, 1.54) is 0 Å². The molecule has 0 bridgehead atoms. The van der Waals surface area contributed by atoms with Crippen LogP contribution in [-0.2, 0) is 11.3 Å². The van der Waals surface area contributed by atoms with Crippen molar-refractivity contribution in [3.8, 4) is 0 Å². The van der Waals surface area contributed by atoms with Gasteiger partial charge in [-0.2, -0.15) is 0 Å². The fraction of sp³-hybridized carbons (Fsp3) is 1.00. The summed E-state index contributed by atoms with van der Waals surface area (Å²) in [6.45, 7) is 0.617. The van der Waals surface area contributed by atoms with E-state index in [0.717, 1.165) is 10.8 Å². The van der Waals surface area contributed by atoms with Crippen molar-refractivity contribution in [2.45, 2.75) is 6.42 Å². The van der Waals surface area contributed by atoms with E-state index in [1.807, 2.05) is 0 Å². The van der Waals surface area contributed by atoms with Crippen molar-refractivity contribution in [3.63, 3.8) is 0 Å². The van der Waals surface area contributed by atoms with E-state index >= 15 is 0 Å². The maximum absolute atomic E-state index is 9.87. The molecule has 50 valence electrons. The predicted molar refractivity (Wildman–Crippen MR) is 42.3 cm³/mol. The van der Waals surface area contributed by atoms with E-state index in [4.69, 9.17) is 4.55 Å². The number of halogens is 1. The second kappa shape index (κ2) is 5.93. The first-order valence-electron chi connectivity index (χ1n) is 2.17. The Hall–Kier alpha value is 0.800. The van der Waals surface area contributed by atoms with Gasteiger partial charge in [0.05, 0.1) is 0 Å². The van der Waals surface area contributed by atoms with E-state index in [-0.39, 0.29) is 0 Å². The molecule has 0 aliphatic heterocycles. The first kappa shape index (κ1) is 8.80. The average molecular weight is 249 g/mol. The number of hydrogen-bond acceptors (Lipinski definition) is 1. The quantitative estimate of drug-likeness (QED) is 0.330. The van der Waals surface area contributed by atoms with Gasteiger partial charge in [0.15, 0.2) is 0 Å². The van der Waals surface area contributed by atoms with Gasteiger partial charge in [0.25, 0.3) is 0 Å². The second-order valence-electron chi connectivity index (χ2n) is 1.19. The predicted octanol–water partition coefficient (Wildman–Crippen LogP) is 0.538. The molecule has 1 unspecified atom stereocenters. The van der Waals surface area contributed by atoms with Gasteiger partial charge < -0.3 is 0 Å². The highest BCUT2D eigenvalue weighted by Crippen LogP contribution is 1.84. The lowest BCUT2D eigenvalue weighted by atomic mass is 10.5. The molecule has 0 saturated carbocycles. The molecule has 0 radical (unpaired) electrons. The minimum atomic E-state index is -1.82. The third-order valence-corrected chi connectivity index (χ3v) is 1.75. The number of nitrogens with one attached hydrogen (secondary N) is 1. The zero-order valence-electron chi connectivity index (χ0n) is 4.26. The molecule has 3 nitrogen and oxygen atoms in total. The zero-order valence-corrected chi connectivity index (χ0v) is 7.24. The summed E-state index contributed by atoms with van der Waals surface area (Å²) in [5.41, 5.74) is 0. The first-order valence-corrected chi connectivity index (χ1v) is 4.81. The van der Waals surface area contributed by atoms with Crippen molar-refractivity contribution in [2.24, 2.45) is 0 Å². The first-order chi connectivity index (χ1) is 3.77. The van der Waals surface area contributed by atoms with Crippen LogP contribution >= 0.6 is 22.6 Å². The summed E-state index contributed by atoms with van der Waals surface area (Å²) in [5, 5.41) is 0.